The number of benzene rings is 6. The van der Waals surface area contributed by atoms with Crippen LogP contribution in [-0.4, -0.2) is 80.7 Å². The van der Waals surface area contributed by atoms with E-state index in [1.54, 1.807) is 36.4 Å². The molecule has 4 saturated heterocycles. The van der Waals surface area contributed by atoms with Crippen LogP contribution in [0.1, 0.15) is 127 Å². The molecule has 0 amide bonds. The molecule has 4 fully saturated rings. The van der Waals surface area contributed by atoms with Gasteiger partial charge in [-0.05, 0) is 290 Å². The standard InChI is InChI=1S/C19H21BBrFO3.C19H22BFO3.C13H10FIO.C12H24B2O4.BHNS/c1-18(2)19(3,4)25-20(24-18)17-10-9-16(11-13(17)12-21)23-15-7-5-14(22)6-8-15;1-13-12-16(22-15-8-6-14(21)7-9-15)10-11-17(13)20-23-18(2,3)19(4,5)24-20;1-9-8-12(6-7-13(9)15)16-11-4-2-10(14)3-5-11;1-9(2)10(3,4)16-13(15-9)14-17-11(5,6)12(7,8)18-14;1-2-3/h5-11H,12H2,1-4H3;6-12H,1-5H3;2-8H,1H3;1-8H3;3H. The van der Waals surface area contributed by atoms with Gasteiger partial charge in [-0.15, -0.1) is 0 Å². The van der Waals surface area contributed by atoms with Crippen molar-refractivity contribution in [2.45, 2.75) is 175 Å². The zero-order chi connectivity index (χ0) is 64.0. The topological polar surface area (TPSA) is 114 Å². The summed E-state index contributed by atoms with van der Waals surface area (Å²) in [5.41, 5.74) is 2.23. The van der Waals surface area contributed by atoms with Gasteiger partial charge in [0.15, 0.2) is 0 Å². The van der Waals surface area contributed by atoms with Gasteiger partial charge in [-0.2, -0.15) is 0 Å². The first kappa shape index (κ1) is 71.0. The Morgan fingerprint density at radius 2 is 0.674 bits per heavy atom. The molecule has 6 aromatic carbocycles. The zero-order valence-electron chi connectivity index (χ0n) is 52.5. The average Bonchev–Trinajstić information content (AvgIpc) is 4.23. The zero-order valence-corrected chi connectivity index (χ0v) is 57.1. The van der Waals surface area contributed by atoms with Gasteiger partial charge in [-0.25, -0.2) is 13.2 Å². The van der Waals surface area contributed by atoms with Crippen molar-refractivity contribution >= 4 is 98.2 Å². The third-order valence-corrected chi connectivity index (χ3v) is 18.4. The fourth-order valence-electron chi connectivity index (χ4n) is 8.50. The molecule has 0 aromatic heterocycles. The molecule has 0 saturated carbocycles. The van der Waals surface area contributed by atoms with Crippen molar-refractivity contribution in [2.75, 3.05) is 0 Å². The first-order chi connectivity index (χ1) is 39.8. The van der Waals surface area contributed by atoms with E-state index >= 15 is 0 Å². The van der Waals surface area contributed by atoms with Gasteiger partial charge in [0, 0.05) is 8.90 Å². The van der Waals surface area contributed by atoms with Crippen LogP contribution in [0.15, 0.2) is 132 Å². The van der Waals surface area contributed by atoms with Crippen molar-refractivity contribution < 1.29 is 64.6 Å². The summed E-state index contributed by atoms with van der Waals surface area (Å²) in [7, 11) is 2.57. The quantitative estimate of drug-likeness (QED) is 0.0612. The van der Waals surface area contributed by atoms with Crippen molar-refractivity contribution in [1.82, 2.24) is 0 Å². The molecule has 457 valence electrons. The van der Waals surface area contributed by atoms with E-state index in [9.17, 15) is 13.2 Å². The summed E-state index contributed by atoms with van der Waals surface area (Å²) < 4.78 is 108. The number of alkyl halides is 1. The van der Waals surface area contributed by atoms with Gasteiger partial charge >= 0.3 is 53.0 Å². The summed E-state index contributed by atoms with van der Waals surface area (Å²) >= 11 is 8.99. The number of hydrogen-bond donors (Lipinski definition) is 1. The van der Waals surface area contributed by atoms with E-state index in [1.807, 2.05) is 179 Å². The van der Waals surface area contributed by atoms with Crippen LogP contribution in [0.2, 0.25) is 0 Å². The molecule has 0 spiro atoms. The predicted molar refractivity (Wildman–Crippen MR) is 354 cm³/mol. The summed E-state index contributed by atoms with van der Waals surface area (Å²) in [5, 5.41) is 0.646. The molecule has 0 atom stereocenters. The van der Waals surface area contributed by atoms with Crippen LogP contribution < -0.4 is 25.1 Å². The van der Waals surface area contributed by atoms with Crippen LogP contribution in [0.3, 0.4) is 0 Å². The van der Waals surface area contributed by atoms with Crippen LogP contribution in [0, 0.1) is 34.9 Å². The van der Waals surface area contributed by atoms with Crippen molar-refractivity contribution in [1.29, 1.82) is 0 Å². The molecule has 23 heteroatoms. The molecule has 86 heavy (non-hydrogen) atoms. The van der Waals surface area contributed by atoms with Crippen molar-refractivity contribution in [3.05, 3.63) is 165 Å². The fourth-order valence-corrected chi connectivity index (χ4v) is 9.32. The van der Waals surface area contributed by atoms with Gasteiger partial charge < -0.3 is 51.4 Å². The van der Waals surface area contributed by atoms with Crippen LogP contribution >= 0.6 is 51.3 Å². The third-order valence-electron chi connectivity index (χ3n) is 16.6. The van der Waals surface area contributed by atoms with Gasteiger partial charge in [0.05, 0.1) is 44.8 Å². The first-order valence-electron chi connectivity index (χ1n) is 28.2. The molecule has 0 bridgehead atoms. The molecule has 0 unspecified atom stereocenters. The number of rotatable bonds is 10. The summed E-state index contributed by atoms with van der Waals surface area (Å²) in [6.45, 7) is 36.5. The Kier molecular flexibility index (Phi) is 23.4. The second-order valence-electron chi connectivity index (χ2n) is 25.1. The minimum absolute atomic E-state index is 0.258. The number of aryl methyl sites for hydroxylation is 2. The summed E-state index contributed by atoms with van der Waals surface area (Å²) in [6, 6.07) is 35.3. The molecule has 4 aliphatic rings. The monoisotopic (exact) mass is 1370 g/mol. The van der Waals surface area contributed by atoms with Crippen LogP contribution in [0.4, 0.5) is 13.2 Å². The summed E-state index contributed by atoms with van der Waals surface area (Å²) in [5.74, 6) is 3.14. The minimum atomic E-state index is -0.476. The van der Waals surface area contributed by atoms with Crippen molar-refractivity contribution in [3.8, 4) is 34.5 Å². The molecule has 1 radical (unpaired) electrons. The first-order valence-corrected chi connectivity index (χ1v) is 30.8. The van der Waals surface area contributed by atoms with Crippen LogP contribution in [0.25, 0.3) is 0 Å². The maximum absolute atomic E-state index is 13.0. The Bertz CT molecular complexity index is 3160. The van der Waals surface area contributed by atoms with Crippen LogP contribution in [-0.2, 0) is 42.6 Å². The van der Waals surface area contributed by atoms with Gasteiger partial charge in [0.25, 0.3) is 0 Å². The van der Waals surface area contributed by atoms with E-state index in [1.165, 1.54) is 45.5 Å². The Labute approximate surface area is 537 Å². The van der Waals surface area contributed by atoms with E-state index in [0.29, 0.717) is 34.1 Å². The van der Waals surface area contributed by atoms with Crippen molar-refractivity contribution in [2.24, 2.45) is 4.30 Å². The number of hydrogen-bond acceptors (Lipinski definition) is 13. The van der Waals surface area contributed by atoms with Gasteiger partial charge in [-0.3, -0.25) is 0 Å². The Morgan fingerprint density at radius 1 is 0.419 bits per heavy atom. The second kappa shape index (κ2) is 28.4. The van der Waals surface area contributed by atoms with Crippen molar-refractivity contribution in [3.63, 3.8) is 0 Å². The van der Waals surface area contributed by atoms with Gasteiger partial charge in [-0.1, -0.05) is 28.1 Å². The summed E-state index contributed by atoms with van der Waals surface area (Å²) in [4.78, 5) is 0. The average molecular weight is 1380 g/mol. The molecule has 4 aliphatic heterocycles. The molecule has 0 aliphatic carbocycles. The summed E-state index contributed by atoms with van der Waals surface area (Å²) in [6.07, 6.45) is 0. The van der Waals surface area contributed by atoms with Gasteiger partial charge in [0.2, 0.25) is 0 Å². The Balaban J connectivity index is 0.000000183. The number of ether oxygens (including phenoxy) is 3. The molecule has 10 rings (SSSR count). The normalized spacial score (nSPS) is 19.3. The number of thiol groups is 1. The van der Waals surface area contributed by atoms with Crippen LogP contribution in [0.5, 0.6) is 34.5 Å². The third kappa shape index (κ3) is 17.8. The molecule has 6 aromatic rings. The molecule has 4 heterocycles. The number of halogens is 5. The van der Waals surface area contributed by atoms with E-state index in [0.717, 1.165) is 27.8 Å². The molecular weight excluding hydrogens is 1300 g/mol. The molecule has 0 N–H and O–H groups in total. The second-order valence-corrected chi connectivity index (χ2v) is 27.1. The van der Waals surface area contributed by atoms with E-state index < -0.39 is 28.3 Å². The SMILES string of the molecule is CC1(C)OB(B2OC(C)(C)C(C)(C)O2)OC1(C)C.CC1(C)OB(c2ccc(Oc3ccc(F)cc3)cc2CBr)OC1(C)C.Cc1cc(Oc2ccc(F)cc2)ccc1B1OC(C)(C)C(C)(C)O1.Cc1cc(Oc2ccc(F)cc2)ccc1I.[B]=NS. The predicted octanol–water partition coefficient (Wildman–Crippen LogP) is 16.0. The van der Waals surface area contributed by atoms with E-state index in [2.05, 4.69) is 63.3 Å². The fraction of sp³-hybridized carbons (Fsp3) is 0.429. The Morgan fingerprint density at radius 3 is 0.977 bits per heavy atom. The molecular formula is C63H78B5BrF3INO11S. The molecule has 12 nitrogen and oxygen atoms in total. The number of nitrogens with zero attached hydrogens (tertiary/aromatic N) is 1. The Hall–Kier alpha value is -4.13. The van der Waals surface area contributed by atoms with E-state index in [4.69, 9.17) is 51.4 Å². The van der Waals surface area contributed by atoms with Gasteiger partial charge in [0.1, 0.15) is 51.9 Å². The maximum atomic E-state index is 13.0. The van der Waals surface area contributed by atoms with E-state index in [-0.39, 0.29) is 62.3 Å².